The molecule has 18 heavy (non-hydrogen) atoms. The van der Waals surface area contributed by atoms with Gasteiger partial charge in [0.1, 0.15) is 10.8 Å². The lowest BCUT2D eigenvalue weighted by atomic mass is 10.2. The molecule has 94 valence electrons. The quantitative estimate of drug-likeness (QED) is 0.900. The number of hydrogen-bond donors (Lipinski definition) is 1. The van der Waals surface area contributed by atoms with Crippen LogP contribution in [-0.2, 0) is 0 Å². The smallest absolute Gasteiger partial charge is 0.141 e. The summed E-state index contributed by atoms with van der Waals surface area (Å²) in [4.78, 5) is 4.61. The van der Waals surface area contributed by atoms with E-state index in [0.717, 1.165) is 29.2 Å². The Morgan fingerprint density at radius 2 is 2.33 bits per heavy atom. The topological polar surface area (TPSA) is 24.9 Å². The number of thiazole rings is 1. The van der Waals surface area contributed by atoms with Gasteiger partial charge >= 0.3 is 0 Å². The molecular formula is C13H12ClFN2S. The van der Waals surface area contributed by atoms with Crippen LogP contribution in [0.4, 0.5) is 4.39 Å². The van der Waals surface area contributed by atoms with Gasteiger partial charge in [-0.1, -0.05) is 11.6 Å². The highest BCUT2D eigenvalue weighted by atomic mass is 35.5. The predicted octanol–water partition coefficient (Wildman–Crippen LogP) is 4.03. The van der Waals surface area contributed by atoms with Crippen LogP contribution in [0.3, 0.4) is 0 Å². The molecule has 2 nitrogen and oxygen atoms in total. The first kappa shape index (κ1) is 12.1. The summed E-state index contributed by atoms with van der Waals surface area (Å²) in [5, 5.41) is 6.66. The fourth-order valence-electron chi connectivity index (χ4n) is 2.13. The number of nitrogens with zero attached hydrogens (tertiary/aromatic N) is 1. The van der Waals surface area contributed by atoms with E-state index in [1.807, 2.05) is 5.38 Å². The summed E-state index contributed by atoms with van der Waals surface area (Å²) in [5.41, 5.74) is 1.73. The van der Waals surface area contributed by atoms with E-state index >= 15 is 0 Å². The normalized spacial score (nSPS) is 19.3. The first-order chi connectivity index (χ1) is 8.74. The zero-order valence-corrected chi connectivity index (χ0v) is 11.2. The summed E-state index contributed by atoms with van der Waals surface area (Å²) >= 11 is 7.43. The van der Waals surface area contributed by atoms with E-state index in [1.165, 1.54) is 12.5 Å². The van der Waals surface area contributed by atoms with Crippen LogP contribution in [0, 0.1) is 5.82 Å². The number of halogens is 2. The molecule has 1 aliphatic rings. The van der Waals surface area contributed by atoms with Crippen molar-refractivity contribution in [2.24, 2.45) is 0 Å². The average Bonchev–Trinajstić information content (AvgIpc) is 3.01. The maximum absolute atomic E-state index is 13.1. The summed E-state index contributed by atoms with van der Waals surface area (Å²) in [6.07, 6.45) is 2.33. The van der Waals surface area contributed by atoms with Gasteiger partial charge in [0.15, 0.2) is 0 Å². The molecule has 1 atom stereocenters. The van der Waals surface area contributed by atoms with Crippen molar-refractivity contribution in [3.8, 4) is 11.3 Å². The fourth-order valence-corrected chi connectivity index (χ4v) is 3.25. The van der Waals surface area contributed by atoms with E-state index in [4.69, 9.17) is 11.6 Å². The molecule has 0 aliphatic carbocycles. The SMILES string of the molecule is Fc1ccc(-c2csc(C3CCCN3)n2)cc1Cl. The summed E-state index contributed by atoms with van der Waals surface area (Å²) in [6, 6.07) is 5.09. The second-order valence-electron chi connectivity index (χ2n) is 4.35. The van der Waals surface area contributed by atoms with E-state index in [2.05, 4.69) is 10.3 Å². The summed E-state index contributed by atoms with van der Waals surface area (Å²) < 4.78 is 13.1. The van der Waals surface area contributed by atoms with Crippen LogP contribution in [0.2, 0.25) is 5.02 Å². The Labute approximate surface area is 114 Å². The summed E-state index contributed by atoms with van der Waals surface area (Å²) in [5.74, 6) is -0.395. The minimum atomic E-state index is -0.395. The lowest BCUT2D eigenvalue weighted by molar-refractivity contribution is 0.628. The molecule has 3 rings (SSSR count). The molecule has 0 radical (unpaired) electrons. The lowest BCUT2D eigenvalue weighted by Gasteiger charge is -2.04. The molecular weight excluding hydrogens is 271 g/mol. The van der Waals surface area contributed by atoms with E-state index < -0.39 is 5.82 Å². The van der Waals surface area contributed by atoms with E-state index in [0.29, 0.717) is 6.04 Å². The van der Waals surface area contributed by atoms with Gasteiger partial charge in [0.05, 0.1) is 16.8 Å². The minimum absolute atomic E-state index is 0.140. The van der Waals surface area contributed by atoms with E-state index in [1.54, 1.807) is 23.5 Å². The number of hydrogen-bond acceptors (Lipinski definition) is 3. The molecule has 0 bridgehead atoms. The van der Waals surface area contributed by atoms with Gasteiger partial charge in [-0.05, 0) is 37.6 Å². The van der Waals surface area contributed by atoms with Crippen LogP contribution in [0.25, 0.3) is 11.3 Å². The summed E-state index contributed by atoms with van der Waals surface area (Å²) in [6.45, 7) is 1.06. The Morgan fingerprint density at radius 1 is 1.44 bits per heavy atom. The van der Waals surface area contributed by atoms with Crippen molar-refractivity contribution in [2.75, 3.05) is 6.54 Å². The molecule has 1 aromatic carbocycles. The molecule has 1 aromatic heterocycles. The first-order valence-electron chi connectivity index (χ1n) is 5.88. The maximum Gasteiger partial charge on any atom is 0.141 e. The Morgan fingerprint density at radius 3 is 3.06 bits per heavy atom. The Balaban J connectivity index is 1.89. The third kappa shape index (κ3) is 2.28. The van der Waals surface area contributed by atoms with Gasteiger partial charge in [-0.15, -0.1) is 11.3 Å². The fraction of sp³-hybridized carbons (Fsp3) is 0.308. The van der Waals surface area contributed by atoms with Gasteiger partial charge in [0, 0.05) is 10.9 Å². The van der Waals surface area contributed by atoms with Crippen LogP contribution in [-0.4, -0.2) is 11.5 Å². The molecule has 2 aromatic rings. The van der Waals surface area contributed by atoms with Gasteiger partial charge < -0.3 is 5.32 Å². The Bertz CT molecular complexity index is 564. The molecule has 0 saturated carbocycles. The van der Waals surface area contributed by atoms with Gasteiger partial charge in [-0.3, -0.25) is 0 Å². The summed E-state index contributed by atoms with van der Waals surface area (Å²) in [7, 11) is 0. The van der Waals surface area contributed by atoms with Gasteiger partial charge in [-0.25, -0.2) is 9.37 Å². The molecule has 1 fully saturated rings. The van der Waals surface area contributed by atoms with E-state index in [-0.39, 0.29) is 5.02 Å². The molecule has 0 amide bonds. The van der Waals surface area contributed by atoms with Crippen LogP contribution in [0.5, 0.6) is 0 Å². The first-order valence-corrected chi connectivity index (χ1v) is 7.14. The monoisotopic (exact) mass is 282 g/mol. The predicted molar refractivity (Wildman–Crippen MR) is 72.5 cm³/mol. The van der Waals surface area contributed by atoms with Gasteiger partial charge in [0.25, 0.3) is 0 Å². The van der Waals surface area contributed by atoms with Crippen molar-refractivity contribution in [3.63, 3.8) is 0 Å². The van der Waals surface area contributed by atoms with Crippen molar-refractivity contribution in [3.05, 3.63) is 39.4 Å². The van der Waals surface area contributed by atoms with Crippen LogP contribution >= 0.6 is 22.9 Å². The number of aromatic nitrogens is 1. The second-order valence-corrected chi connectivity index (χ2v) is 5.65. The van der Waals surface area contributed by atoms with Gasteiger partial charge in [-0.2, -0.15) is 0 Å². The zero-order chi connectivity index (χ0) is 12.5. The molecule has 2 heterocycles. The number of nitrogens with one attached hydrogen (secondary N) is 1. The molecule has 0 spiro atoms. The number of rotatable bonds is 2. The number of benzene rings is 1. The second kappa shape index (κ2) is 4.96. The average molecular weight is 283 g/mol. The third-order valence-corrected chi connectivity index (χ3v) is 4.34. The maximum atomic E-state index is 13.1. The molecule has 1 unspecified atom stereocenters. The van der Waals surface area contributed by atoms with Crippen LogP contribution in [0.1, 0.15) is 23.9 Å². The highest BCUT2D eigenvalue weighted by Gasteiger charge is 2.19. The lowest BCUT2D eigenvalue weighted by Crippen LogP contribution is -2.12. The van der Waals surface area contributed by atoms with Crippen molar-refractivity contribution in [1.82, 2.24) is 10.3 Å². The Kier molecular flexibility index (Phi) is 3.33. The van der Waals surface area contributed by atoms with Crippen molar-refractivity contribution in [1.29, 1.82) is 0 Å². The highest BCUT2D eigenvalue weighted by molar-refractivity contribution is 7.10. The van der Waals surface area contributed by atoms with Crippen LogP contribution in [0.15, 0.2) is 23.6 Å². The van der Waals surface area contributed by atoms with Crippen LogP contribution < -0.4 is 5.32 Å². The van der Waals surface area contributed by atoms with Crippen molar-refractivity contribution < 1.29 is 4.39 Å². The molecule has 1 saturated heterocycles. The van der Waals surface area contributed by atoms with Crippen molar-refractivity contribution in [2.45, 2.75) is 18.9 Å². The highest BCUT2D eigenvalue weighted by Crippen LogP contribution is 2.31. The molecule has 1 aliphatic heterocycles. The van der Waals surface area contributed by atoms with E-state index in [9.17, 15) is 4.39 Å². The van der Waals surface area contributed by atoms with Gasteiger partial charge in [0.2, 0.25) is 0 Å². The third-order valence-electron chi connectivity index (χ3n) is 3.10. The minimum Gasteiger partial charge on any atom is -0.308 e. The molecule has 1 N–H and O–H groups in total. The standard InChI is InChI=1S/C13H12ClFN2S/c14-9-6-8(3-4-10(9)15)12-7-18-13(17-12)11-2-1-5-16-11/h3-4,6-7,11,16H,1-2,5H2. The largest absolute Gasteiger partial charge is 0.308 e. The zero-order valence-electron chi connectivity index (χ0n) is 9.62. The van der Waals surface area contributed by atoms with Crippen molar-refractivity contribution >= 4 is 22.9 Å². The molecule has 5 heteroatoms. The Hall–Kier alpha value is -0.970.